The third kappa shape index (κ3) is 4.01. The van der Waals surface area contributed by atoms with Crippen molar-refractivity contribution in [3.8, 4) is 11.1 Å². The maximum absolute atomic E-state index is 5.94. The van der Waals surface area contributed by atoms with Crippen molar-refractivity contribution in [2.24, 2.45) is 5.73 Å². The molecule has 0 fully saturated rings. The van der Waals surface area contributed by atoms with Gasteiger partial charge in [0.25, 0.3) is 0 Å². The average molecular weight is 429 g/mol. The zero-order chi connectivity index (χ0) is 20.5. The molecule has 0 saturated heterocycles. The second-order valence-corrected chi connectivity index (χ2v) is 7.69. The molecule has 2 aliphatic rings. The molecule has 0 amide bonds. The van der Waals surface area contributed by atoms with Crippen molar-refractivity contribution in [1.29, 1.82) is 0 Å². The van der Waals surface area contributed by atoms with E-state index in [-0.39, 0.29) is 9.41 Å². The first-order chi connectivity index (χ1) is 14.8. The van der Waals surface area contributed by atoms with Crippen molar-refractivity contribution >= 4 is 31.5 Å². The average Bonchev–Trinajstić information content (AvgIpc) is 3.38. The largest absolute Gasteiger partial charge is 0.699 e. The van der Waals surface area contributed by atoms with Crippen LogP contribution in [0.2, 0.25) is 0 Å². The molecule has 3 nitrogen and oxygen atoms in total. The fourth-order valence-corrected chi connectivity index (χ4v) is 4.40. The summed E-state index contributed by atoms with van der Waals surface area (Å²) in [5, 5.41) is 0. The number of aromatic nitrogens is 1. The minimum Gasteiger partial charge on any atom is -0.330 e. The van der Waals surface area contributed by atoms with Crippen molar-refractivity contribution in [1.82, 2.24) is 4.48 Å². The van der Waals surface area contributed by atoms with Gasteiger partial charge < -0.3 is 10.2 Å². The summed E-state index contributed by atoms with van der Waals surface area (Å²) in [7, 11) is 2.17. The molecule has 0 unspecified atom stereocenters. The van der Waals surface area contributed by atoms with Gasteiger partial charge in [0.2, 0.25) is 0 Å². The SMILES string of the molecule is Cc1cc(/C=C/c2ccccc2-c2ccccc2)n2c1C(CCN)=C1C=CC=[N+]1[B]2.F.F. The van der Waals surface area contributed by atoms with Gasteiger partial charge in [-0.15, -0.1) is 0 Å². The van der Waals surface area contributed by atoms with Crippen LogP contribution >= 0.6 is 0 Å². The van der Waals surface area contributed by atoms with Crippen LogP contribution in [0.4, 0.5) is 9.41 Å². The van der Waals surface area contributed by atoms with Gasteiger partial charge in [-0.3, -0.25) is 13.9 Å². The van der Waals surface area contributed by atoms with Gasteiger partial charge in [0, 0.05) is 29.1 Å². The molecule has 161 valence electrons. The smallest absolute Gasteiger partial charge is 0.330 e. The summed E-state index contributed by atoms with van der Waals surface area (Å²) in [6.45, 7) is 2.82. The monoisotopic (exact) mass is 429 g/mol. The van der Waals surface area contributed by atoms with Crippen molar-refractivity contribution in [2.75, 3.05) is 6.54 Å². The lowest BCUT2D eigenvalue weighted by Gasteiger charge is -2.18. The number of halogens is 2. The Labute approximate surface area is 187 Å². The second kappa shape index (κ2) is 9.75. The minimum atomic E-state index is 0. The molecule has 0 spiro atoms. The number of aryl methyl sites for hydroxylation is 1. The molecule has 1 aromatic heterocycles. The van der Waals surface area contributed by atoms with Gasteiger partial charge in [0.15, 0.2) is 5.70 Å². The highest BCUT2D eigenvalue weighted by atomic mass is 19.0. The van der Waals surface area contributed by atoms with Gasteiger partial charge in [-0.2, -0.15) is 0 Å². The Morgan fingerprint density at radius 2 is 1.75 bits per heavy atom. The van der Waals surface area contributed by atoms with E-state index in [1.807, 2.05) is 0 Å². The number of nitrogens with two attached hydrogens (primary N) is 1. The lowest BCUT2D eigenvalue weighted by atomic mass is 9.94. The maximum Gasteiger partial charge on any atom is 0.699 e. The first-order valence-corrected chi connectivity index (χ1v) is 10.4. The quantitative estimate of drug-likeness (QED) is 0.566. The summed E-state index contributed by atoms with van der Waals surface area (Å²) in [5.41, 5.74) is 15.9. The van der Waals surface area contributed by atoms with Gasteiger partial charge >= 0.3 is 7.55 Å². The first kappa shape index (κ1) is 23.2. The topological polar surface area (TPSA) is 34.0 Å². The summed E-state index contributed by atoms with van der Waals surface area (Å²) in [6.07, 6.45) is 11.7. The highest BCUT2D eigenvalue weighted by Gasteiger charge is 2.34. The van der Waals surface area contributed by atoms with Gasteiger partial charge in [-0.1, -0.05) is 60.7 Å². The number of hydrogen-bond acceptors (Lipinski definition) is 1. The summed E-state index contributed by atoms with van der Waals surface area (Å²) in [5.74, 6) is 0. The molecular weight excluding hydrogens is 403 g/mol. The van der Waals surface area contributed by atoms with Gasteiger partial charge in [-0.05, 0) is 54.3 Å². The molecule has 0 bridgehead atoms. The lowest BCUT2D eigenvalue weighted by molar-refractivity contribution is -0.307. The van der Waals surface area contributed by atoms with E-state index in [9.17, 15) is 0 Å². The number of benzene rings is 2. The molecule has 1 radical (unpaired) electrons. The Balaban J connectivity index is 0.00000144. The zero-order valence-electron chi connectivity index (χ0n) is 17.9. The molecule has 32 heavy (non-hydrogen) atoms. The van der Waals surface area contributed by atoms with E-state index in [1.54, 1.807) is 0 Å². The fourth-order valence-electron chi connectivity index (χ4n) is 4.40. The zero-order valence-corrected chi connectivity index (χ0v) is 17.9. The van der Waals surface area contributed by atoms with Gasteiger partial charge in [-0.25, -0.2) is 0 Å². The minimum absolute atomic E-state index is 0. The van der Waals surface area contributed by atoms with Crippen LogP contribution in [0.1, 0.15) is 28.9 Å². The Kier molecular flexibility index (Phi) is 7.06. The predicted octanol–water partition coefficient (Wildman–Crippen LogP) is 5.05. The third-order valence-electron chi connectivity index (χ3n) is 5.74. The summed E-state index contributed by atoms with van der Waals surface area (Å²) >= 11 is 0. The van der Waals surface area contributed by atoms with E-state index < -0.39 is 0 Å². The summed E-state index contributed by atoms with van der Waals surface area (Å²) in [6, 6.07) is 21.3. The van der Waals surface area contributed by atoms with E-state index in [0.717, 1.165) is 6.42 Å². The van der Waals surface area contributed by atoms with Crippen LogP contribution in [0.25, 0.3) is 28.9 Å². The van der Waals surface area contributed by atoms with Gasteiger partial charge in [0.05, 0.1) is 0 Å². The van der Waals surface area contributed by atoms with Crippen LogP contribution < -0.4 is 5.73 Å². The van der Waals surface area contributed by atoms with E-state index in [4.69, 9.17) is 5.73 Å². The van der Waals surface area contributed by atoms with E-state index >= 15 is 0 Å². The summed E-state index contributed by atoms with van der Waals surface area (Å²) in [4.78, 5) is 0. The predicted molar refractivity (Wildman–Crippen MR) is 132 cm³/mol. The van der Waals surface area contributed by atoms with Crippen LogP contribution in [0.15, 0.2) is 78.5 Å². The number of hydrogen-bond donors (Lipinski definition) is 1. The van der Waals surface area contributed by atoms with Crippen molar-refractivity contribution in [2.45, 2.75) is 13.3 Å². The normalized spacial score (nSPS) is 13.8. The second-order valence-electron chi connectivity index (χ2n) is 7.69. The number of nitrogens with zero attached hydrogens (tertiary/aromatic N) is 2. The van der Waals surface area contributed by atoms with E-state index in [0.29, 0.717) is 6.54 Å². The van der Waals surface area contributed by atoms with Crippen molar-refractivity contribution < 1.29 is 13.9 Å². The molecule has 3 heterocycles. The Morgan fingerprint density at radius 1 is 1.00 bits per heavy atom. The highest BCUT2D eigenvalue weighted by Crippen LogP contribution is 2.34. The standard InChI is InChI=1S/C26H24BN3.2FH/c1-19-18-22(30-26(19)24(15-16-28)25-12-7-17-29(25)27-30)14-13-21-10-5-6-11-23(21)20-8-3-2-4-9-20;;/h2-14,17-18H,15-16,28H2,1H3;2*1H/q+1;;/b14-13+;;. The molecule has 2 aliphatic heterocycles. The molecule has 0 aliphatic carbocycles. The number of fused-ring (bicyclic) bond motifs is 2. The van der Waals surface area contributed by atoms with Crippen molar-refractivity contribution in [3.05, 3.63) is 101 Å². The maximum atomic E-state index is 5.94. The first-order valence-electron chi connectivity index (χ1n) is 10.4. The molecule has 0 saturated carbocycles. The van der Waals surface area contributed by atoms with Crippen LogP contribution in [0.3, 0.4) is 0 Å². The Hall–Kier alpha value is -3.51. The molecular formula is C26H26BF2N3+. The van der Waals surface area contributed by atoms with Crippen LogP contribution in [-0.4, -0.2) is 29.3 Å². The number of rotatable bonds is 5. The van der Waals surface area contributed by atoms with Crippen LogP contribution in [-0.2, 0) is 0 Å². The molecule has 5 rings (SSSR count). The molecule has 2 aromatic carbocycles. The van der Waals surface area contributed by atoms with Crippen LogP contribution in [0, 0.1) is 6.92 Å². The lowest BCUT2D eigenvalue weighted by Crippen LogP contribution is -2.30. The number of allylic oxidation sites excluding steroid dienone is 2. The molecule has 0 atom stereocenters. The van der Waals surface area contributed by atoms with Crippen LogP contribution in [0.5, 0.6) is 0 Å². The fraction of sp³-hybridized carbons (Fsp3) is 0.115. The Morgan fingerprint density at radius 3 is 2.53 bits per heavy atom. The molecule has 3 aromatic rings. The van der Waals surface area contributed by atoms with E-state index in [2.05, 4.69) is 115 Å². The van der Waals surface area contributed by atoms with E-state index in [1.165, 1.54) is 44.9 Å². The molecule has 6 heteroatoms. The van der Waals surface area contributed by atoms with Gasteiger partial charge in [0.1, 0.15) is 6.21 Å². The van der Waals surface area contributed by atoms with Crippen molar-refractivity contribution in [3.63, 3.8) is 0 Å². The summed E-state index contributed by atoms with van der Waals surface area (Å²) < 4.78 is 4.47. The third-order valence-corrected chi connectivity index (χ3v) is 5.74. The Bertz CT molecular complexity index is 1240. The molecule has 2 N–H and O–H groups in total. The highest BCUT2D eigenvalue weighted by molar-refractivity contribution is 6.28.